The Morgan fingerprint density at radius 3 is 2.47 bits per heavy atom. The van der Waals surface area contributed by atoms with Gasteiger partial charge in [-0.05, 0) is 18.3 Å². The molecule has 0 bridgehead atoms. The normalized spacial score (nSPS) is 18.1. The van der Waals surface area contributed by atoms with E-state index in [4.69, 9.17) is 0 Å². The molecule has 0 atom stereocenters. The molecule has 0 spiro atoms. The van der Waals surface area contributed by atoms with E-state index in [1.807, 2.05) is 13.1 Å². The number of aromatic nitrogens is 2. The molecule has 2 rings (SSSR count). The first-order valence-electron chi connectivity index (χ1n) is 7.45. The fourth-order valence-corrected chi connectivity index (χ4v) is 2.76. The Labute approximate surface area is 116 Å². The summed E-state index contributed by atoms with van der Waals surface area (Å²) < 4.78 is 0. The molecule has 0 aromatic carbocycles. The van der Waals surface area contributed by atoms with E-state index in [-0.39, 0.29) is 0 Å². The zero-order chi connectivity index (χ0) is 13.7. The molecule has 0 aliphatic heterocycles. The van der Waals surface area contributed by atoms with Gasteiger partial charge in [0.15, 0.2) is 0 Å². The lowest BCUT2D eigenvalue weighted by molar-refractivity contribution is 0.233. The molecule has 0 radical (unpaired) electrons. The molecule has 1 aromatic heterocycles. The van der Waals surface area contributed by atoms with Gasteiger partial charge in [-0.25, -0.2) is 9.97 Å². The predicted molar refractivity (Wildman–Crippen MR) is 80.6 cm³/mol. The minimum Gasteiger partial charge on any atom is -0.373 e. The predicted octanol–water partition coefficient (Wildman–Crippen LogP) is 3.46. The summed E-state index contributed by atoms with van der Waals surface area (Å²) in [6.45, 7) is 5.48. The maximum absolute atomic E-state index is 4.55. The molecule has 1 aliphatic carbocycles. The summed E-state index contributed by atoms with van der Waals surface area (Å²) in [4.78, 5) is 8.97. The Balaban J connectivity index is 2.02. The number of nitrogens with zero attached hydrogens (tertiary/aromatic N) is 2. The quantitative estimate of drug-likeness (QED) is 0.853. The van der Waals surface area contributed by atoms with Crippen LogP contribution in [-0.2, 0) is 6.42 Å². The maximum Gasteiger partial charge on any atom is 0.132 e. The second-order valence-corrected chi connectivity index (χ2v) is 5.88. The molecule has 2 N–H and O–H groups in total. The summed E-state index contributed by atoms with van der Waals surface area (Å²) >= 11 is 0. The maximum atomic E-state index is 4.55. The lowest BCUT2D eigenvalue weighted by Crippen LogP contribution is -2.29. The minimum atomic E-state index is 0.426. The van der Waals surface area contributed by atoms with Crippen LogP contribution in [0.5, 0.6) is 0 Å². The van der Waals surface area contributed by atoms with E-state index in [2.05, 4.69) is 34.4 Å². The molecule has 1 aromatic rings. The van der Waals surface area contributed by atoms with Crippen LogP contribution in [0.3, 0.4) is 0 Å². The number of rotatable bonds is 5. The van der Waals surface area contributed by atoms with Crippen molar-refractivity contribution >= 4 is 11.6 Å². The highest BCUT2D eigenvalue weighted by molar-refractivity contribution is 5.47. The number of aryl methyl sites for hydroxylation is 1. The first-order chi connectivity index (χ1) is 9.15. The van der Waals surface area contributed by atoms with Crippen LogP contribution in [-0.4, -0.2) is 23.6 Å². The molecule has 4 heteroatoms. The molecule has 19 heavy (non-hydrogen) atoms. The summed E-state index contributed by atoms with van der Waals surface area (Å²) in [6.07, 6.45) is 7.64. The molecular weight excluding hydrogens is 236 g/mol. The Hall–Kier alpha value is -1.32. The molecule has 0 unspecified atom stereocenters. The van der Waals surface area contributed by atoms with Crippen LogP contribution >= 0.6 is 0 Å². The van der Waals surface area contributed by atoms with Gasteiger partial charge in [-0.15, -0.1) is 0 Å². The van der Waals surface area contributed by atoms with E-state index < -0.39 is 0 Å². The standard InChI is InChI=1S/C15H26N4/c1-4-12-18-13(16-3)10-14(19-12)17-11-15(2)8-6-5-7-9-15/h10H,4-9,11H2,1-3H3,(H2,16,17,18,19). The third-order valence-electron chi connectivity index (χ3n) is 4.10. The van der Waals surface area contributed by atoms with Crippen molar-refractivity contribution in [1.29, 1.82) is 0 Å². The summed E-state index contributed by atoms with van der Waals surface area (Å²) in [6, 6.07) is 1.99. The van der Waals surface area contributed by atoms with E-state index in [9.17, 15) is 0 Å². The van der Waals surface area contributed by atoms with E-state index in [1.165, 1.54) is 32.1 Å². The number of nitrogens with one attached hydrogen (secondary N) is 2. The highest BCUT2D eigenvalue weighted by Gasteiger charge is 2.26. The highest BCUT2D eigenvalue weighted by atomic mass is 15.1. The first-order valence-corrected chi connectivity index (χ1v) is 7.45. The van der Waals surface area contributed by atoms with Crippen LogP contribution in [0, 0.1) is 5.41 Å². The fourth-order valence-electron chi connectivity index (χ4n) is 2.76. The van der Waals surface area contributed by atoms with Gasteiger partial charge in [0.2, 0.25) is 0 Å². The number of hydrogen-bond donors (Lipinski definition) is 2. The van der Waals surface area contributed by atoms with Crippen molar-refractivity contribution < 1.29 is 0 Å². The van der Waals surface area contributed by atoms with E-state index in [0.29, 0.717) is 5.41 Å². The summed E-state index contributed by atoms with van der Waals surface area (Å²) in [5.74, 6) is 2.73. The lowest BCUT2D eigenvalue weighted by Gasteiger charge is -2.33. The van der Waals surface area contributed by atoms with Gasteiger partial charge in [0, 0.05) is 26.1 Å². The van der Waals surface area contributed by atoms with Gasteiger partial charge >= 0.3 is 0 Å². The monoisotopic (exact) mass is 262 g/mol. The molecule has 1 heterocycles. The first kappa shape index (κ1) is 14.1. The van der Waals surface area contributed by atoms with Gasteiger partial charge in [0.25, 0.3) is 0 Å². The summed E-state index contributed by atoms with van der Waals surface area (Å²) in [5.41, 5.74) is 0.426. The van der Waals surface area contributed by atoms with Gasteiger partial charge < -0.3 is 10.6 Å². The fraction of sp³-hybridized carbons (Fsp3) is 0.733. The largest absolute Gasteiger partial charge is 0.373 e. The molecule has 1 saturated carbocycles. The van der Waals surface area contributed by atoms with Gasteiger partial charge in [-0.1, -0.05) is 33.1 Å². The van der Waals surface area contributed by atoms with Gasteiger partial charge in [-0.3, -0.25) is 0 Å². The molecule has 0 amide bonds. The van der Waals surface area contributed by atoms with Crippen molar-refractivity contribution in [2.75, 3.05) is 24.2 Å². The van der Waals surface area contributed by atoms with Crippen molar-refractivity contribution in [3.63, 3.8) is 0 Å². The van der Waals surface area contributed by atoms with E-state index in [1.54, 1.807) is 0 Å². The van der Waals surface area contributed by atoms with Gasteiger partial charge in [-0.2, -0.15) is 0 Å². The van der Waals surface area contributed by atoms with Crippen LogP contribution in [0.2, 0.25) is 0 Å². The van der Waals surface area contributed by atoms with Crippen LogP contribution in [0.15, 0.2) is 6.07 Å². The Morgan fingerprint density at radius 2 is 1.84 bits per heavy atom. The van der Waals surface area contributed by atoms with Crippen molar-refractivity contribution in [2.45, 2.75) is 52.4 Å². The van der Waals surface area contributed by atoms with E-state index >= 15 is 0 Å². The number of hydrogen-bond acceptors (Lipinski definition) is 4. The SMILES string of the molecule is CCc1nc(NC)cc(NCC2(C)CCCCC2)n1. The molecule has 1 fully saturated rings. The van der Waals surface area contributed by atoms with Gasteiger partial charge in [0.05, 0.1) is 0 Å². The molecule has 1 aliphatic rings. The van der Waals surface area contributed by atoms with Gasteiger partial charge in [0.1, 0.15) is 17.5 Å². The van der Waals surface area contributed by atoms with Crippen molar-refractivity contribution in [1.82, 2.24) is 9.97 Å². The zero-order valence-corrected chi connectivity index (χ0v) is 12.4. The molecule has 0 saturated heterocycles. The zero-order valence-electron chi connectivity index (χ0n) is 12.4. The average molecular weight is 262 g/mol. The third kappa shape index (κ3) is 3.82. The second kappa shape index (κ2) is 6.22. The van der Waals surface area contributed by atoms with Crippen LogP contribution in [0.1, 0.15) is 51.8 Å². The van der Waals surface area contributed by atoms with Crippen molar-refractivity contribution in [2.24, 2.45) is 5.41 Å². The van der Waals surface area contributed by atoms with Crippen LogP contribution in [0.4, 0.5) is 11.6 Å². The summed E-state index contributed by atoms with van der Waals surface area (Å²) in [7, 11) is 1.90. The molecule has 106 valence electrons. The van der Waals surface area contributed by atoms with Crippen molar-refractivity contribution in [3.05, 3.63) is 11.9 Å². The number of anilines is 2. The summed E-state index contributed by atoms with van der Waals surface area (Å²) in [5, 5.41) is 6.61. The Bertz CT molecular complexity index is 388. The Kier molecular flexibility index (Phi) is 4.61. The lowest BCUT2D eigenvalue weighted by atomic mass is 9.76. The molecular formula is C15H26N4. The minimum absolute atomic E-state index is 0.426. The van der Waals surface area contributed by atoms with Crippen LogP contribution < -0.4 is 10.6 Å². The Morgan fingerprint density at radius 1 is 1.16 bits per heavy atom. The van der Waals surface area contributed by atoms with E-state index in [0.717, 1.165) is 30.4 Å². The molecule has 4 nitrogen and oxygen atoms in total. The third-order valence-corrected chi connectivity index (χ3v) is 4.10. The smallest absolute Gasteiger partial charge is 0.132 e. The highest BCUT2D eigenvalue weighted by Crippen LogP contribution is 2.35. The van der Waals surface area contributed by atoms with Crippen LogP contribution in [0.25, 0.3) is 0 Å². The second-order valence-electron chi connectivity index (χ2n) is 5.88. The topological polar surface area (TPSA) is 49.8 Å². The average Bonchev–Trinajstić information content (AvgIpc) is 2.45. The van der Waals surface area contributed by atoms with Crippen molar-refractivity contribution in [3.8, 4) is 0 Å².